The van der Waals surface area contributed by atoms with Gasteiger partial charge in [-0.1, -0.05) is 11.8 Å². The Hall–Kier alpha value is -2.78. The van der Waals surface area contributed by atoms with Crippen LogP contribution < -0.4 is 5.32 Å². The molecule has 0 unspecified atom stereocenters. The van der Waals surface area contributed by atoms with Crippen molar-refractivity contribution in [2.24, 2.45) is 0 Å². The summed E-state index contributed by atoms with van der Waals surface area (Å²) < 4.78 is 0.723. The summed E-state index contributed by atoms with van der Waals surface area (Å²) in [5.41, 5.74) is 1.89. The Bertz CT molecular complexity index is 944. The number of nitro benzene ring substituents is 1. The zero-order chi connectivity index (χ0) is 18.5. The van der Waals surface area contributed by atoms with Crippen LogP contribution in [0.15, 0.2) is 57.3 Å². The SMILES string of the molecule is Cc1csc(Sc2ccc(C(=O)NCc3ccncc3)cc2[N+](=O)[O-])n1. The number of aromatic nitrogens is 2. The van der Waals surface area contributed by atoms with E-state index in [1.807, 2.05) is 12.3 Å². The molecule has 26 heavy (non-hydrogen) atoms. The predicted octanol–water partition coefficient (Wildman–Crippen LogP) is 3.84. The molecule has 0 aliphatic heterocycles. The average molecular weight is 386 g/mol. The highest BCUT2D eigenvalue weighted by atomic mass is 32.2. The molecule has 0 fully saturated rings. The lowest BCUT2D eigenvalue weighted by molar-refractivity contribution is -0.387. The summed E-state index contributed by atoms with van der Waals surface area (Å²) in [6.07, 6.45) is 3.28. The molecule has 1 amide bonds. The third kappa shape index (κ3) is 4.44. The van der Waals surface area contributed by atoms with Gasteiger partial charge in [0.15, 0.2) is 4.34 Å². The molecular formula is C17H14N4O3S2. The predicted molar refractivity (Wildman–Crippen MR) is 99.5 cm³/mol. The molecule has 3 rings (SSSR count). The number of carbonyl (C=O) groups excluding carboxylic acids is 1. The van der Waals surface area contributed by atoms with Crippen molar-refractivity contribution in [3.05, 3.63) is 75.0 Å². The molecule has 9 heteroatoms. The fourth-order valence-corrected chi connectivity index (χ4v) is 4.02. The van der Waals surface area contributed by atoms with Gasteiger partial charge in [0.2, 0.25) is 0 Å². The third-order valence-electron chi connectivity index (χ3n) is 3.42. The number of aryl methyl sites for hydroxylation is 1. The zero-order valence-corrected chi connectivity index (χ0v) is 15.3. The molecule has 1 N–H and O–H groups in total. The van der Waals surface area contributed by atoms with Crippen molar-refractivity contribution >= 4 is 34.7 Å². The van der Waals surface area contributed by atoms with E-state index in [9.17, 15) is 14.9 Å². The van der Waals surface area contributed by atoms with E-state index < -0.39 is 4.92 Å². The molecule has 3 aromatic rings. The Morgan fingerprint density at radius 3 is 2.73 bits per heavy atom. The summed E-state index contributed by atoms with van der Waals surface area (Å²) in [6.45, 7) is 2.19. The second kappa shape index (κ2) is 8.07. The van der Waals surface area contributed by atoms with Crippen molar-refractivity contribution in [1.29, 1.82) is 0 Å². The van der Waals surface area contributed by atoms with E-state index in [0.717, 1.165) is 15.6 Å². The Morgan fingerprint density at radius 2 is 2.08 bits per heavy atom. The Kier molecular flexibility index (Phi) is 5.59. The lowest BCUT2D eigenvalue weighted by Gasteiger charge is -2.07. The third-order valence-corrected chi connectivity index (χ3v) is 5.54. The summed E-state index contributed by atoms with van der Waals surface area (Å²) >= 11 is 2.65. The van der Waals surface area contributed by atoms with Gasteiger partial charge >= 0.3 is 0 Å². The number of pyridine rings is 1. The summed E-state index contributed by atoms with van der Waals surface area (Å²) in [4.78, 5) is 31.9. The minimum Gasteiger partial charge on any atom is -0.348 e. The van der Waals surface area contributed by atoms with Crippen LogP contribution in [0.3, 0.4) is 0 Å². The summed E-state index contributed by atoms with van der Waals surface area (Å²) in [5, 5.41) is 16.0. The topological polar surface area (TPSA) is 98.0 Å². The monoisotopic (exact) mass is 386 g/mol. The van der Waals surface area contributed by atoms with Crippen LogP contribution in [0.4, 0.5) is 5.69 Å². The van der Waals surface area contributed by atoms with Crippen LogP contribution in [0.1, 0.15) is 21.6 Å². The molecular weight excluding hydrogens is 372 g/mol. The summed E-state index contributed by atoms with van der Waals surface area (Å²) in [5.74, 6) is -0.369. The molecule has 0 atom stereocenters. The van der Waals surface area contributed by atoms with Gasteiger partial charge in [-0.25, -0.2) is 4.98 Å². The van der Waals surface area contributed by atoms with E-state index in [1.165, 1.54) is 29.2 Å². The average Bonchev–Trinajstić information content (AvgIpc) is 3.05. The Labute approximate surface area is 157 Å². The minimum atomic E-state index is -0.484. The largest absolute Gasteiger partial charge is 0.348 e. The number of thiazole rings is 1. The van der Waals surface area contributed by atoms with Crippen molar-refractivity contribution in [2.75, 3.05) is 0 Å². The molecule has 0 aliphatic rings. The fraction of sp³-hybridized carbons (Fsp3) is 0.118. The van der Waals surface area contributed by atoms with Crippen molar-refractivity contribution in [3.8, 4) is 0 Å². The first kappa shape index (κ1) is 18.0. The van der Waals surface area contributed by atoms with Gasteiger partial charge in [0.1, 0.15) is 0 Å². The van der Waals surface area contributed by atoms with E-state index in [4.69, 9.17) is 0 Å². The van der Waals surface area contributed by atoms with E-state index in [1.54, 1.807) is 36.7 Å². The quantitative estimate of drug-likeness (QED) is 0.511. The number of nitrogens with zero attached hydrogens (tertiary/aromatic N) is 3. The summed E-state index contributed by atoms with van der Waals surface area (Å²) in [6, 6.07) is 8.04. The standard InChI is InChI=1S/C17H14N4O3S2/c1-11-10-25-17(20-11)26-15-3-2-13(8-14(15)21(23)24)16(22)19-9-12-4-6-18-7-5-12/h2-8,10H,9H2,1H3,(H,19,22). The fourth-order valence-electron chi connectivity index (χ4n) is 2.15. The molecule has 0 aliphatic carbocycles. The number of carbonyl (C=O) groups is 1. The van der Waals surface area contributed by atoms with Gasteiger partial charge in [-0.2, -0.15) is 0 Å². The maximum Gasteiger partial charge on any atom is 0.284 e. The number of rotatable bonds is 6. The summed E-state index contributed by atoms with van der Waals surface area (Å²) in [7, 11) is 0. The van der Waals surface area contributed by atoms with Crippen LogP contribution in [0.2, 0.25) is 0 Å². The van der Waals surface area contributed by atoms with Crippen molar-refractivity contribution < 1.29 is 9.72 Å². The van der Waals surface area contributed by atoms with Gasteiger partial charge in [0.25, 0.3) is 11.6 Å². The van der Waals surface area contributed by atoms with E-state index in [2.05, 4.69) is 15.3 Å². The molecule has 0 radical (unpaired) electrons. The number of amides is 1. The minimum absolute atomic E-state index is 0.112. The van der Waals surface area contributed by atoms with Crippen LogP contribution in [-0.4, -0.2) is 20.8 Å². The molecule has 1 aromatic carbocycles. The molecule has 132 valence electrons. The highest BCUT2D eigenvalue weighted by molar-refractivity contribution is 8.01. The number of nitro groups is 1. The van der Waals surface area contributed by atoms with Gasteiger partial charge in [0, 0.05) is 41.6 Å². The second-order valence-electron chi connectivity index (χ2n) is 5.33. The van der Waals surface area contributed by atoms with Crippen LogP contribution in [0, 0.1) is 17.0 Å². The van der Waals surface area contributed by atoms with Gasteiger partial charge in [0.05, 0.1) is 9.82 Å². The molecule has 2 aromatic heterocycles. The maximum atomic E-state index is 12.3. The molecule has 0 saturated heterocycles. The van der Waals surface area contributed by atoms with Crippen molar-refractivity contribution in [2.45, 2.75) is 22.7 Å². The normalized spacial score (nSPS) is 10.5. The van der Waals surface area contributed by atoms with Gasteiger partial charge in [-0.05, 0) is 36.8 Å². The van der Waals surface area contributed by atoms with Crippen molar-refractivity contribution in [3.63, 3.8) is 0 Å². The first-order valence-electron chi connectivity index (χ1n) is 7.58. The molecule has 7 nitrogen and oxygen atoms in total. The maximum absolute atomic E-state index is 12.3. The lowest BCUT2D eigenvalue weighted by atomic mass is 10.2. The number of hydrogen-bond donors (Lipinski definition) is 1. The first-order valence-corrected chi connectivity index (χ1v) is 9.28. The van der Waals surface area contributed by atoms with Crippen LogP contribution in [0.5, 0.6) is 0 Å². The van der Waals surface area contributed by atoms with E-state index >= 15 is 0 Å². The molecule has 0 saturated carbocycles. The number of hydrogen-bond acceptors (Lipinski definition) is 7. The molecule has 0 spiro atoms. The molecule has 0 bridgehead atoms. The lowest BCUT2D eigenvalue weighted by Crippen LogP contribution is -2.22. The van der Waals surface area contributed by atoms with Gasteiger partial charge < -0.3 is 5.32 Å². The van der Waals surface area contributed by atoms with Gasteiger partial charge in [-0.3, -0.25) is 19.9 Å². The van der Waals surface area contributed by atoms with Crippen LogP contribution in [0.25, 0.3) is 0 Å². The van der Waals surface area contributed by atoms with Crippen molar-refractivity contribution in [1.82, 2.24) is 15.3 Å². The zero-order valence-electron chi connectivity index (χ0n) is 13.7. The smallest absolute Gasteiger partial charge is 0.284 e. The number of benzene rings is 1. The number of nitrogens with one attached hydrogen (secondary N) is 1. The van der Waals surface area contributed by atoms with Crippen LogP contribution >= 0.6 is 23.1 Å². The van der Waals surface area contributed by atoms with E-state index in [0.29, 0.717) is 11.4 Å². The molecule has 2 heterocycles. The highest BCUT2D eigenvalue weighted by Crippen LogP contribution is 2.36. The first-order chi connectivity index (χ1) is 12.5. The van der Waals surface area contributed by atoms with Crippen LogP contribution in [-0.2, 0) is 6.54 Å². The van der Waals surface area contributed by atoms with Gasteiger partial charge in [-0.15, -0.1) is 11.3 Å². The Balaban J connectivity index is 1.77. The van der Waals surface area contributed by atoms with E-state index in [-0.39, 0.29) is 17.2 Å². The Morgan fingerprint density at radius 1 is 1.31 bits per heavy atom. The second-order valence-corrected chi connectivity index (χ2v) is 7.48. The highest BCUT2D eigenvalue weighted by Gasteiger charge is 2.19.